The first-order valence-electron chi connectivity index (χ1n) is 6.89. The summed E-state index contributed by atoms with van der Waals surface area (Å²) in [4.78, 5) is 0. The third kappa shape index (κ3) is 3.78. The molecule has 20 heavy (non-hydrogen) atoms. The van der Waals surface area contributed by atoms with E-state index in [-0.39, 0.29) is 12.1 Å². The zero-order valence-electron chi connectivity index (χ0n) is 11.9. The third-order valence-electron chi connectivity index (χ3n) is 2.86. The molecule has 0 saturated heterocycles. The minimum atomic E-state index is -0.299. The fraction of sp³-hybridized carbons (Fsp3) is 0.375. The van der Waals surface area contributed by atoms with Gasteiger partial charge in [0.1, 0.15) is 17.3 Å². The molecule has 1 aromatic carbocycles. The van der Waals surface area contributed by atoms with Crippen molar-refractivity contribution in [1.82, 2.24) is 0 Å². The highest BCUT2D eigenvalue weighted by Crippen LogP contribution is 2.26. The maximum Gasteiger partial charge on any atom is 0.171 e. The van der Waals surface area contributed by atoms with Crippen molar-refractivity contribution in [2.45, 2.75) is 32.4 Å². The number of rotatable bonds is 7. The molecule has 0 spiro atoms. The summed E-state index contributed by atoms with van der Waals surface area (Å²) in [5.41, 5.74) is 5.96. The van der Waals surface area contributed by atoms with Crippen molar-refractivity contribution in [3.63, 3.8) is 0 Å². The van der Waals surface area contributed by atoms with Crippen LogP contribution in [0.3, 0.4) is 0 Å². The van der Waals surface area contributed by atoms with Gasteiger partial charge in [-0.3, -0.25) is 0 Å². The van der Waals surface area contributed by atoms with E-state index in [1.54, 1.807) is 6.26 Å². The summed E-state index contributed by atoms with van der Waals surface area (Å²) >= 11 is 0. The van der Waals surface area contributed by atoms with Crippen molar-refractivity contribution in [2.24, 2.45) is 5.73 Å². The highest BCUT2D eigenvalue weighted by atomic mass is 16.5. The highest BCUT2D eigenvalue weighted by molar-refractivity contribution is 5.31. The fourth-order valence-corrected chi connectivity index (χ4v) is 1.86. The van der Waals surface area contributed by atoms with E-state index >= 15 is 0 Å². The summed E-state index contributed by atoms with van der Waals surface area (Å²) in [7, 11) is 0. The number of hydrogen-bond acceptors (Lipinski definition) is 4. The van der Waals surface area contributed by atoms with Gasteiger partial charge in [0.15, 0.2) is 6.10 Å². The quantitative estimate of drug-likeness (QED) is 0.839. The Morgan fingerprint density at radius 3 is 2.40 bits per heavy atom. The molecule has 0 saturated carbocycles. The average molecular weight is 275 g/mol. The van der Waals surface area contributed by atoms with E-state index in [0.717, 1.165) is 30.3 Å². The van der Waals surface area contributed by atoms with Crippen LogP contribution >= 0.6 is 0 Å². The Hall–Kier alpha value is -1.94. The summed E-state index contributed by atoms with van der Waals surface area (Å²) in [5.74, 6) is 2.31. The molecule has 4 nitrogen and oxygen atoms in total. The molecule has 2 N–H and O–H groups in total. The SMILES string of the molecule is CCCOc1ccc(OC(c2ccco2)C(C)N)cc1. The number of ether oxygens (including phenoxy) is 2. The van der Waals surface area contributed by atoms with Crippen LogP contribution in [0.5, 0.6) is 11.5 Å². The van der Waals surface area contributed by atoms with Crippen molar-refractivity contribution in [1.29, 1.82) is 0 Å². The van der Waals surface area contributed by atoms with Gasteiger partial charge in [-0.15, -0.1) is 0 Å². The summed E-state index contributed by atoms with van der Waals surface area (Å²) in [6.07, 6.45) is 2.31. The lowest BCUT2D eigenvalue weighted by molar-refractivity contribution is 0.153. The molecule has 0 amide bonds. The Bertz CT molecular complexity index is 491. The molecular weight excluding hydrogens is 254 g/mol. The second kappa shape index (κ2) is 7.01. The number of furan rings is 1. The summed E-state index contributed by atoms with van der Waals surface area (Å²) in [6.45, 7) is 4.69. The van der Waals surface area contributed by atoms with E-state index in [1.807, 2.05) is 43.3 Å². The van der Waals surface area contributed by atoms with Crippen LogP contribution in [0.15, 0.2) is 47.1 Å². The molecule has 2 unspecified atom stereocenters. The first-order chi connectivity index (χ1) is 9.70. The molecule has 0 aliphatic heterocycles. The van der Waals surface area contributed by atoms with Gasteiger partial charge in [-0.05, 0) is 49.7 Å². The molecule has 1 heterocycles. The van der Waals surface area contributed by atoms with Crippen LogP contribution in [0, 0.1) is 0 Å². The van der Waals surface area contributed by atoms with Crippen LogP contribution in [-0.2, 0) is 0 Å². The van der Waals surface area contributed by atoms with E-state index < -0.39 is 0 Å². The minimum Gasteiger partial charge on any atom is -0.494 e. The standard InChI is InChI=1S/C16H21NO3/c1-3-10-18-13-6-8-14(9-7-13)20-16(12(2)17)15-5-4-11-19-15/h4-9,11-12,16H,3,10,17H2,1-2H3. The number of nitrogens with two attached hydrogens (primary N) is 1. The van der Waals surface area contributed by atoms with E-state index in [9.17, 15) is 0 Å². The summed E-state index contributed by atoms with van der Waals surface area (Å²) < 4.78 is 16.8. The zero-order valence-corrected chi connectivity index (χ0v) is 11.9. The van der Waals surface area contributed by atoms with Crippen molar-refractivity contribution >= 4 is 0 Å². The molecule has 0 fully saturated rings. The van der Waals surface area contributed by atoms with Gasteiger partial charge in [-0.1, -0.05) is 6.92 Å². The maximum absolute atomic E-state index is 5.96. The topological polar surface area (TPSA) is 57.6 Å². The maximum atomic E-state index is 5.96. The Balaban J connectivity index is 2.04. The first-order valence-corrected chi connectivity index (χ1v) is 6.89. The molecule has 2 aromatic rings. The largest absolute Gasteiger partial charge is 0.494 e. The van der Waals surface area contributed by atoms with Crippen molar-refractivity contribution < 1.29 is 13.9 Å². The smallest absolute Gasteiger partial charge is 0.171 e. The Morgan fingerprint density at radius 1 is 1.15 bits per heavy atom. The summed E-state index contributed by atoms with van der Waals surface area (Å²) in [6, 6.07) is 11.1. The van der Waals surface area contributed by atoms with Crippen LogP contribution in [0.1, 0.15) is 32.1 Å². The third-order valence-corrected chi connectivity index (χ3v) is 2.86. The van der Waals surface area contributed by atoms with E-state index in [0.29, 0.717) is 0 Å². The first kappa shape index (κ1) is 14.5. The molecule has 1 aromatic heterocycles. The normalized spacial score (nSPS) is 13.8. The van der Waals surface area contributed by atoms with Crippen molar-refractivity contribution in [2.75, 3.05) is 6.61 Å². The van der Waals surface area contributed by atoms with Gasteiger partial charge in [0, 0.05) is 6.04 Å². The Labute approximate surface area is 119 Å². The summed E-state index contributed by atoms with van der Waals surface area (Å²) in [5, 5.41) is 0. The second-order valence-electron chi connectivity index (χ2n) is 4.73. The van der Waals surface area contributed by atoms with Crippen LogP contribution < -0.4 is 15.2 Å². The van der Waals surface area contributed by atoms with Gasteiger partial charge in [0.25, 0.3) is 0 Å². The Morgan fingerprint density at radius 2 is 1.85 bits per heavy atom. The van der Waals surface area contributed by atoms with Crippen molar-refractivity contribution in [3.8, 4) is 11.5 Å². The number of hydrogen-bond donors (Lipinski definition) is 1. The lowest BCUT2D eigenvalue weighted by Crippen LogP contribution is -2.28. The molecule has 0 bridgehead atoms. The zero-order chi connectivity index (χ0) is 14.4. The monoisotopic (exact) mass is 275 g/mol. The molecule has 0 aliphatic carbocycles. The molecule has 0 aliphatic rings. The van der Waals surface area contributed by atoms with Gasteiger partial charge >= 0.3 is 0 Å². The van der Waals surface area contributed by atoms with Crippen LogP contribution in [0.4, 0.5) is 0 Å². The lowest BCUT2D eigenvalue weighted by atomic mass is 10.1. The van der Waals surface area contributed by atoms with Gasteiger partial charge in [-0.25, -0.2) is 0 Å². The average Bonchev–Trinajstić information content (AvgIpc) is 2.97. The van der Waals surface area contributed by atoms with Gasteiger partial charge in [-0.2, -0.15) is 0 Å². The lowest BCUT2D eigenvalue weighted by Gasteiger charge is -2.20. The van der Waals surface area contributed by atoms with Gasteiger partial charge in [0.05, 0.1) is 12.9 Å². The van der Waals surface area contributed by atoms with Gasteiger partial charge in [0.2, 0.25) is 0 Å². The fourth-order valence-electron chi connectivity index (χ4n) is 1.86. The molecule has 2 rings (SSSR count). The van der Waals surface area contributed by atoms with Gasteiger partial charge < -0.3 is 19.6 Å². The molecular formula is C16H21NO3. The number of benzene rings is 1. The molecule has 108 valence electrons. The second-order valence-corrected chi connectivity index (χ2v) is 4.73. The molecule has 2 atom stereocenters. The van der Waals surface area contributed by atoms with Crippen LogP contribution in [0.2, 0.25) is 0 Å². The minimum absolute atomic E-state index is 0.169. The van der Waals surface area contributed by atoms with E-state index in [1.165, 1.54) is 0 Å². The molecule has 0 radical (unpaired) electrons. The van der Waals surface area contributed by atoms with Crippen LogP contribution in [-0.4, -0.2) is 12.6 Å². The predicted molar refractivity (Wildman–Crippen MR) is 78.0 cm³/mol. The van der Waals surface area contributed by atoms with Crippen LogP contribution in [0.25, 0.3) is 0 Å². The van der Waals surface area contributed by atoms with E-state index in [4.69, 9.17) is 19.6 Å². The Kier molecular flexibility index (Phi) is 5.07. The highest BCUT2D eigenvalue weighted by Gasteiger charge is 2.20. The van der Waals surface area contributed by atoms with E-state index in [2.05, 4.69) is 6.92 Å². The predicted octanol–water partition coefficient (Wildman–Crippen LogP) is 3.54. The van der Waals surface area contributed by atoms with Crippen molar-refractivity contribution in [3.05, 3.63) is 48.4 Å². The molecule has 4 heteroatoms.